The zero-order valence-corrected chi connectivity index (χ0v) is 11.4. The van der Waals surface area contributed by atoms with Crippen molar-refractivity contribution in [2.45, 2.75) is 38.6 Å². The summed E-state index contributed by atoms with van der Waals surface area (Å²) in [5.41, 5.74) is -0.523. The van der Waals surface area contributed by atoms with Gasteiger partial charge in [0.25, 0.3) is 0 Å². The number of rotatable bonds is 5. The fourth-order valence-corrected chi connectivity index (χ4v) is 2.80. The monoisotopic (exact) mass is 243 g/mol. The van der Waals surface area contributed by atoms with Gasteiger partial charge >= 0.3 is 5.97 Å². The molecule has 1 N–H and O–H groups in total. The van der Waals surface area contributed by atoms with Crippen LogP contribution >= 0.6 is 0 Å². The van der Waals surface area contributed by atoms with E-state index in [1.54, 1.807) is 7.11 Å². The third-order valence-corrected chi connectivity index (χ3v) is 3.90. The van der Waals surface area contributed by atoms with Crippen molar-refractivity contribution >= 4 is 5.97 Å². The first kappa shape index (κ1) is 14.5. The molecule has 3 unspecified atom stereocenters. The first-order chi connectivity index (χ1) is 8.06. The largest absolute Gasteiger partial charge is 0.468 e. The number of ether oxygens (including phenoxy) is 2. The van der Waals surface area contributed by atoms with Crippen LogP contribution in [0.5, 0.6) is 0 Å². The van der Waals surface area contributed by atoms with E-state index in [0.717, 1.165) is 12.8 Å². The van der Waals surface area contributed by atoms with Gasteiger partial charge in [0.1, 0.15) is 5.54 Å². The van der Waals surface area contributed by atoms with Crippen LogP contribution in [0.4, 0.5) is 0 Å². The van der Waals surface area contributed by atoms with E-state index in [0.29, 0.717) is 25.0 Å². The molecule has 0 aromatic carbocycles. The lowest BCUT2D eigenvalue weighted by Crippen LogP contribution is -2.60. The second-order valence-electron chi connectivity index (χ2n) is 5.17. The highest BCUT2D eigenvalue weighted by Crippen LogP contribution is 2.37. The summed E-state index contributed by atoms with van der Waals surface area (Å²) >= 11 is 0. The summed E-state index contributed by atoms with van der Waals surface area (Å²) in [6.07, 6.45) is 3.10. The summed E-state index contributed by atoms with van der Waals surface area (Å²) in [5, 5.41) is 3.37. The van der Waals surface area contributed by atoms with Gasteiger partial charge in [0.05, 0.1) is 13.7 Å². The van der Waals surface area contributed by atoms with Crippen molar-refractivity contribution < 1.29 is 14.3 Å². The number of carbonyl (C=O) groups is 1. The number of hydrogen-bond acceptors (Lipinski definition) is 4. The molecule has 100 valence electrons. The van der Waals surface area contributed by atoms with Gasteiger partial charge in [-0.15, -0.1) is 0 Å². The molecule has 0 radical (unpaired) electrons. The maximum absolute atomic E-state index is 12.1. The minimum Gasteiger partial charge on any atom is -0.468 e. The van der Waals surface area contributed by atoms with Crippen LogP contribution in [0, 0.1) is 11.8 Å². The first-order valence-corrected chi connectivity index (χ1v) is 6.39. The first-order valence-electron chi connectivity index (χ1n) is 6.39. The zero-order valence-electron chi connectivity index (χ0n) is 11.4. The van der Waals surface area contributed by atoms with E-state index in [-0.39, 0.29) is 5.97 Å². The minimum absolute atomic E-state index is 0.132. The molecule has 0 heterocycles. The number of carbonyl (C=O) groups excluding carboxylic acids is 1. The fraction of sp³-hybridized carbons (Fsp3) is 0.923. The molecule has 4 nitrogen and oxygen atoms in total. The van der Waals surface area contributed by atoms with E-state index in [9.17, 15) is 4.79 Å². The maximum Gasteiger partial charge on any atom is 0.326 e. The summed E-state index contributed by atoms with van der Waals surface area (Å²) in [6, 6.07) is 0. The van der Waals surface area contributed by atoms with Gasteiger partial charge in [0.2, 0.25) is 0 Å². The molecular formula is C13H25NO3. The third kappa shape index (κ3) is 3.19. The lowest BCUT2D eigenvalue weighted by atomic mass is 9.69. The minimum atomic E-state index is -0.523. The molecule has 0 spiro atoms. The molecule has 4 heteroatoms. The Morgan fingerprint density at radius 2 is 2.06 bits per heavy atom. The molecule has 1 aliphatic carbocycles. The smallest absolute Gasteiger partial charge is 0.326 e. The van der Waals surface area contributed by atoms with Crippen molar-refractivity contribution in [3.05, 3.63) is 0 Å². The molecule has 0 saturated heterocycles. The van der Waals surface area contributed by atoms with Crippen LogP contribution in [-0.4, -0.2) is 38.9 Å². The van der Waals surface area contributed by atoms with Crippen LogP contribution in [0.3, 0.4) is 0 Å². The Hall–Kier alpha value is -0.610. The summed E-state index contributed by atoms with van der Waals surface area (Å²) in [4.78, 5) is 12.1. The van der Waals surface area contributed by atoms with Gasteiger partial charge in [-0.1, -0.05) is 20.3 Å². The van der Waals surface area contributed by atoms with Crippen molar-refractivity contribution in [1.82, 2.24) is 5.32 Å². The molecule has 0 aromatic rings. The highest BCUT2D eigenvalue weighted by molar-refractivity contribution is 5.81. The van der Waals surface area contributed by atoms with Gasteiger partial charge in [0, 0.05) is 13.7 Å². The van der Waals surface area contributed by atoms with Gasteiger partial charge in [-0.05, 0) is 24.7 Å². The average molecular weight is 243 g/mol. The van der Waals surface area contributed by atoms with E-state index in [4.69, 9.17) is 9.47 Å². The van der Waals surface area contributed by atoms with E-state index >= 15 is 0 Å². The quantitative estimate of drug-likeness (QED) is 0.588. The number of hydrogen-bond donors (Lipinski definition) is 1. The molecule has 1 aliphatic rings. The van der Waals surface area contributed by atoms with Crippen LogP contribution in [0.15, 0.2) is 0 Å². The molecule has 0 aliphatic heterocycles. The van der Waals surface area contributed by atoms with Crippen molar-refractivity contribution in [2.24, 2.45) is 11.8 Å². The van der Waals surface area contributed by atoms with Gasteiger partial charge in [-0.25, -0.2) is 0 Å². The lowest BCUT2D eigenvalue weighted by Gasteiger charge is -2.43. The van der Waals surface area contributed by atoms with Gasteiger partial charge in [0.15, 0.2) is 0 Å². The standard InChI is InChI=1S/C13H25NO3/c1-10-5-6-11(2)13(9-10,12(15)17-4)14-7-8-16-3/h10-11,14H,5-9H2,1-4H3. The number of nitrogens with one attached hydrogen (secondary N) is 1. The van der Waals surface area contributed by atoms with Crippen molar-refractivity contribution in [2.75, 3.05) is 27.4 Å². The molecule has 0 bridgehead atoms. The molecule has 1 rings (SSSR count). The van der Waals surface area contributed by atoms with Crippen LogP contribution in [0.1, 0.15) is 33.1 Å². The number of esters is 1. The fourth-order valence-electron chi connectivity index (χ4n) is 2.80. The molecule has 17 heavy (non-hydrogen) atoms. The van der Waals surface area contributed by atoms with Crippen LogP contribution < -0.4 is 5.32 Å². The predicted molar refractivity (Wildman–Crippen MR) is 66.8 cm³/mol. The van der Waals surface area contributed by atoms with Crippen LogP contribution in [-0.2, 0) is 14.3 Å². The predicted octanol–water partition coefficient (Wildman–Crippen LogP) is 1.59. The Balaban J connectivity index is 2.79. The Kier molecular flexibility index (Phi) is 5.40. The van der Waals surface area contributed by atoms with Crippen molar-refractivity contribution in [3.8, 4) is 0 Å². The Labute approximate surface area is 104 Å². The maximum atomic E-state index is 12.1. The van der Waals surface area contributed by atoms with Crippen LogP contribution in [0.25, 0.3) is 0 Å². The second kappa shape index (κ2) is 6.36. The van der Waals surface area contributed by atoms with Crippen LogP contribution in [0.2, 0.25) is 0 Å². The molecule has 1 saturated carbocycles. The molecular weight excluding hydrogens is 218 g/mol. The van der Waals surface area contributed by atoms with Gasteiger partial charge < -0.3 is 9.47 Å². The summed E-state index contributed by atoms with van der Waals surface area (Å²) in [5.74, 6) is 0.732. The third-order valence-electron chi connectivity index (χ3n) is 3.90. The lowest BCUT2D eigenvalue weighted by molar-refractivity contribution is -0.153. The van der Waals surface area contributed by atoms with E-state index in [2.05, 4.69) is 19.2 Å². The van der Waals surface area contributed by atoms with Crippen molar-refractivity contribution in [3.63, 3.8) is 0 Å². The normalized spacial score (nSPS) is 33.4. The Morgan fingerprint density at radius 3 is 2.65 bits per heavy atom. The van der Waals surface area contributed by atoms with Gasteiger partial charge in [-0.3, -0.25) is 10.1 Å². The molecule has 1 fully saturated rings. The molecule has 0 amide bonds. The highest BCUT2D eigenvalue weighted by Gasteiger charge is 2.47. The zero-order chi connectivity index (χ0) is 12.9. The highest BCUT2D eigenvalue weighted by atomic mass is 16.5. The summed E-state index contributed by atoms with van der Waals surface area (Å²) in [6.45, 7) is 5.62. The molecule has 0 aromatic heterocycles. The SMILES string of the molecule is COCCNC1(C(=O)OC)CC(C)CCC1C. The number of methoxy groups -OCH3 is 2. The van der Waals surface area contributed by atoms with E-state index < -0.39 is 5.54 Å². The Morgan fingerprint density at radius 1 is 1.35 bits per heavy atom. The summed E-state index contributed by atoms with van der Waals surface area (Å²) < 4.78 is 10.0. The Bertz CT molecular complexity index is 257. The molecule has 3 atom stereocenters. The van der Waals surface area contributed by atoms with Gasteiger partial charge in [-0.2, -0.15) is 0 Å². The van der Waals surface area contributed by atoms with E-state index in [1.165, 1.54) is 13.5 Å². The summed E-state index contributed by atoms with van der Waals surface area (Å²) in [7, 11) is 3.13. The second-order valence-corrected chi connectivity index (χ2v) is 5.17. The average Bonchev–Trinajstić information content (AvgIpc) is 2.32. The van der Waals surface area contributed by atoms with E-state index in [1.807, 2.05) is 0 Å². The topological polar surface area (TPSA) is 47.6 Å². The van der Waals surface area contributed by atoms with Crippen molar-refractivity contribution in [1.29, 1.82) is 0 Å².